The van der Waals surface area contributed by atoms with Crippen molar-refractivity contribution < 1.29 is 0 Å². The molecule has 2 rings (SSSR count). The van der Waals surface area contributed by atoms with Crippen LogP contribution in [0.5, 0.6) is 0 Å². The van der Waals surface area contributed by atoms with Crippen LogP contribution in [-0.2, 0) is 0 Å². The Morgan fingerprint density at radius 2 is 1.22 bits per heavy atom. The molecule has 106 valence electrons. The van der Waals surface area contributed by atoms with Gasteiger partial charge in [0, 0.05) is 38.3 Å². The van der Waals surface area contributed by atoms with Gasteiger partial charge < -0.3 is 9.80 Å². The second-order valence-electron chi connectivity index (χ2n) is 7.43. The molecule has 0 unspecified atom stereocenters. The normalized spacial score (nSPS) is 34.8. The molecule has 0 N–H and O–H groups in total. The Morgan fingerprint density at radius 3 is 1.67 bits per heavy atom. The van der Waals surface area contributed by atoms with Crippen molar-refractivity contribution in [2.75, 3.05) is 26.2 Å². The maximum absolute atomic E-state index is 2.72. The molecule has 0 spiro atoms. The number of hydrogen-bond donors (Lipinski definition) is 0. The topological polar surface area (TPSA) is 6.48 Å². The first-order chi connectivity index (χ1) is 8.40. The predicted octanol–water partition coefficient (Wildman–Crippen LogP) is 2.94. The number of likely N-dealkylation sites (tertiary alicyclic amines) is 2. The highest BCUT2D eigenvalue weighted by Crippen LogP contribution is 2.39. The summed E-state index contributed by atoms with van der Waals surface area (Å²) in [5.41, 5.74) is 0. The zero-order valence-corrected chi connectivity index (χ0v) is 13.2. The predicted molar refractivity (Wildman–Crippen MR) is 78.7 cm³/mol. The number of hydrogen-bond acceptors (Lipinski definition) is 2. The van der Waals surface area contributed by atoms with Gasteiger partial charge in [0.2, 0.25) is 0 Å². The van der Waals surface area contributed by atoms with Gasteiger partial charge >= 0.3 is 0 Å². The van der Waals surface area contributed by atoms with E-state index in [0.29, 0.717) is 6.04 Å². The molecule has 18 heavy (non-hydrogen) atoms. The van der Waals surface area contributed by atoms with Gasteiger partial charge in [-0.05, 0) is 51.4 Å². The maximum Gasteiger partial charge on any atom is 0.00388 e. The Kier molecular flexibility index (Phi) is 4.38. The Labute approximate surface area is 114 Å². The fraction of sp³-hybridized carbons (Fsp3) is 1.00. The molecule has 0 aromatic heterocycles. The van der Waals surface area contributed by atoms with Crippen LogP contribution in [0.2, 0.25) is 0 Å². The quantitative estimate of drug-likeness (QED) is 0.762. The largest absolute Gasteiger partial charge is 0.300 e. The van der Waals surface area contributed by atoms with E-state index in [2.05, 4.69) is 51.3 Å². The van der Waals surface area contributed by atoms with Gasteiger partial charge in [-0.2, -0.15) is 0 Å². The van der Waals surface area contributed by atoms with Gasteiger partial charge in [-0.3, -0.25) is 0 Å². The number of nitrogens with zero attached hydrogens (tertiary/aromatic N) is 2. The zero-order chi connectivity index (χ0) is 13.4. The first-order valence-electron chi connectivity index (χ1n) is 7.88. The van der Waals surface area contributed by atoms with Gasteiger partial charge in [-0.15, -0.1) is 0 Å². The van der Waals surface area contributed by atoms with Gasteiger partial charge in [0.15, 0.2) is 0 Å². The summed E-state index contributed by atoms with van der Waals surface area (Å²) in [5.74, 6) is 3.58. The van der Waals surface area contributed by atoms with Crippen molar-refractivity contribution in [1.29, 1.82) is 0 Å². The van der Waals surface area contributed by atoms with E-state index < -0.39 is 0 Å². The highest BCUT2D eigenvalue weighted by molar-refractivity contribution is 4.96. The van der Waals surface area contributed by atoms with Crippen molar-refractivity contribution in [2.24, 2.45) is 23.7 Å². The molecule has 2 heteroatoms. The van der Waals surface area contributed by atoms with Crippen LogP contribution in [0.15, 0.2) is 0 Å². The molecule has 2 aliphatic rings. The van der Waals surface area contributed by atoms with Crippen molar-refractivity contribution in [1.82, 2.24) is 9.80 Å². The molecule has 2 nitrogen and oxygen atoms in total. The molecule has 3 atom stereocenters. The van der Waals surface area contributed by atoms with Crippen molar-refractivity contribution >= 4 is 0 Å². The second kappa shape index (κ2) is 5.50. The molecule has 0 aliphatic carbocycles. The van der Waals surface area contributed by atoms with Crippen LogP contribution in [0.3, 0.4) is 0 Å². The monoisotopic (exact) mass is 252 g/mol. The van der Waals surface area contributed by atoms with Crippen LogP contribution in [0.1, 0.15) is 41.5 Å². The average Bonchev–Trinajstić information content (AvgIpc) is 2.70. The number of piperidine rings is 1. The summed E-state index contributed by atoms with van der Waals surface area (Å²) in [5, 5.41) is 0. The number of fused-ring (bicyclic) bond motifs is 1. The van der Waals surface area contributed by atoms with E-state index >= 15 is 0 Å². The highest BCUT2D eigenvalue weighted by Gasteiger charge is 2.44. The summed E-state index contributed by atoms with van der Waals surface area (Å²) >= 11 is 0. The fourth-order valence-corrected chi connectivity index (χ4v) is 3.94. The zero-order valence-electron chi connectivity index (χ0n) is 13.2. The molecule has 0 amide bonds. The third-order valence-electron chi connectivity index (χ3n) is 5.30. The van der Waals surface area contributed by atoms with Crippen LogP contribution in [-0.4, -0.2) is 48.1 Å². The van der Waals surface area contributed by atoms with E-state index in [0.717, 1.165) is 29.7 Å². The van der Waals surface area contributed by atoms with E-state index in [1.807, 2.05) is 0 Å². The smallest absolute Gasteiger partial charge is 0.00388 e. The second-order valence-corrected chi connectivity index (χ2v) is 7.43. The molecule has 2 aliphatic heterocycles. The summed E-state index contributed by atoms with van der Waals surface area (Å²) in [7, 11) is 0. The maximum atomic E-state index is 2.72. The average molecular weight is 252 g/mol. The Bertz CT molecular complexity index is 272. The molecule has 0 saturated carbocycles. The van der Waals surface area contributed by atoms with Gasteiger partial charge in [-0.1, -0.05) is 13.8 Å². The third-order valence-corrected chi connectivity index (χ3v) is 5.30. The molecular weight excluding hydrogens is 220 g/mol. The molecule has 2 saturated heterocycles. The molecular formula is C16H32N2. The Morgan fingerprint density at radius 1 is 0.722 bits per heavy atom. The van der Waals surface area contributed by atoms with Crippen LogP contribution in [0.4, 0.5) is 0 Å². The van der Waals surface area contributed by atoms with E-state index in [4.69, 9.17) is 0 Å². The van der Waals surface area contributed by atoms with Crippen molar-refractivity contribution in [3.8, 4) is 0 Å². The van der Waals surface area contributed by atoms with Crippen molar-refractivity contribution in [2.45, 2.75) is 53.6 Å². The van der Waals surface area contributed by atoms with Gasteiger partial charge in [0.25, 0.3) is 0 Å². The lowest BCUT2D eigenvalue weighted by Crippen LogP contribution is -2.50. The summed E-state index contributed by atoms with van der Waals surface area (Å²) in [6.45, 7) is 19.6. The molecule has 0 bridgehead atoms. The highest BCUT2D eigenvalue weighted by atomic mass is 15.2. The Hall–Kier alpha value is -0.0800. The molecule has 0 aromatic rings. The minimum absolute atomic E-state index is 0.709. The van der Waals surface area contributed by atoms with Crippen molar-refractivity contribution in [3.63, 3.8) is 0 Å². The Balaban J connectivity index is 2.11. The first-order valence-corrected chi connectivity index (χ1v) is 7.88. The molecule has 2 heterocycles. The van der Waals surface area contributed by atoms with Gasteiger partial charge in [-0.25, -0.2) is 0 Å². The van der Waals surface area contributed by atoms with E-state index in [-0.39, 0.29) is 0 Å². The van der Waals surface area contributed by atoms with Crippen LogP contribution < -0.4 is 0 Å². The van der Waals surface area contributed by atoms with E-state index in [9.17, 15) is 0 Å². The molecule has 2 fully saturated rings. The standard InChI is InChI=1S/C16H32N2/c1-11(2)15-9-17(12(3)4)7-14-8-18(13(5)6)10-16(14)15/h11-16H,7-10H2,1-6H3/t14-,15-,16+/m1/s1. The van der Waals surface area contributed by atoms with Crippen molar-refractivity contribution in [3.05, 3.63) is 0 Å². The molecule has 0 aromatic carbocycles. The van der Waals surface area contributed by atoms with Crippen LogP contribution in [0, 0.1) is 23.7 Å². The van der Waals surface area contributed by atoms with Crippen LogP contribution in [0.25, 0.3) is 0 Å². The van der Waals surface area contributed by atoms with E-state index in [1.54, 1.807) is 0 Å². The first kappa shape index (κ1) is 14.3. The minimum Gasteiger partial charge on any atom is -0.300 e. The molecule has 0 radical (unpaired) electrons. The third kappa shape index (κ3) is 2.75. The van der Waals surface area contributed by atoms with Crippen LogP contribution >= 0.6 is 0 Å². The fourth-order valence-electron chi connectivity index (χ4n) is 3.94. The minimum atomic E-state index is 0.709. The summed E-state index contributed by atoms with van der Waals surface area (Å²) in [4.78, 5) is 5.42. The lowest BCUT2D eigenvalue weighted by atomic mass is 9.74. The van der Waals surface area contributed by atoms with E-state index in [1.165, 1.54) is 26.2 Å². The summed E-state index contributed by atoms with van der Waals surface area (Å²) in [6, 6.07) is 1.43. The summed E-state index contributed by atoms with van der Waals surface area (Å²) < 4.78 is 0. The van der Waals surface area contributed by atoms with Gasteiger partial charge in [0.05, 0.1) is 0 Å². The number of rotatable bonds is 3. The SMILES string of the molecule is CC(C)[C@H]1CN(C(C)C)C[C@@H]2CN(C(C)C)C[C@@H]21. The van der Waals surface area contributed by atoms with Gasteiger partial charge in [0.1, 0.15) is 0 Å². The summed E-state index contributed by atoms with van der Waals surface area (Å²) in [6.07, 6.45) is 0. The lowest BCUT2D eigenvalue weighted by Gasteiger charge is -2.44. The lowest BCUT2D eigenvalue weighted by molar-refractivity contribution is 0.0439.